The number of ether oxygens (including phenoxy) is 1. The van der Waals surface area contributed by atoms with E-state index in [0.29, 0.717) is 6.04 Å². The third-order valence-corrected chi connectivity index (χ3v) is 3.90. The summed E-state index contributed by atoms with van der Waals surface area (Å²) in [4.78, 5) is 4.49. The van der Waals surface area contributed by atoms with Crippen LogP contribution in [0.25, 0.3) is 0 Å². The number of rotatable bonds is 5. The van der Waals surface area contributed by atoms with Crippen LogP contribution in [-0.4, -0.2) is 24.7 Å². The molecule has 1 aliphatic rings. The summed E-state index contributed by atoms with van der Waals surface area (Å²) >= 11 is 1.72. The van der Waals surface area contributed by atoms with E-state index in [-0.39, 0.29) is 0 Å². The lowest BCUT2D eigenvalue weighted by Crippen LogP contribution is -2.22. The number of thiazole rings is 1. The Kier molecular flexibility index (Phi) is 4.32. The van der Waals surface area contributed by atoms with Gasteiger partial charge in [-0.05, 0) is 39.2 Å². The second-order valence-electron chi connectivity index (χ2n) is 4.49. The fraction of sp³-hybridized carbons (Fsp3) is 0.750. The largest absolute Gasteiger partial charge is 0.381 e. The van der Waals surface area contributed by atoms with Crippen LogP contribution in [0.1, 0.15) is 36.5 Å². The van der Waals surface area contributed by atoms with Crippen molar-refractivity contribution in [3.8, 4) is 0 Å². The Morgan fingerprint density at radius 3 is 3.19 bits per heavy atom. The molecule has 1 aromatic rings. The predicted octanol–water partition coefficient (Wildman–Crippen LogP) is 2.53. The zero-order chi connectivity index (χ0) is 11.4. The van der Waals surface area contributed by atoms with Crippen LogP contribution in [0.4, 0.5) is 0 Å². The highest BCUT2D eigenvalue weighted by atomic mass is 32.1. The molecule has 0 radical (unpaired) electrons. The van der Waals surface area contributed by atoms with Gasteiger partial charge in [-0.1, -0.05) is 0 Å². The Bertz CT molecular complexity index is 321. The van der Waals surface area contributed by atoms with Gasteiger partial charge in [0, 0.05) is 24.6 Å². The lowest BCUT2D eigenvalue weighted by molar-refractivity contribution is 0.184. The van der Waals surface area contributed by atoms with Crippen molar-refractivity contribution in [3.05, 3.63) is 16.1 Å². The lowest BCUT2D eigenvalue weighted by atomic mass is 10.1. The van der Waals surface area contributed by atoms with E-state index < -0.39 is 0 Å². The van der Waals surface area contributed by atoms with Gasteiger partial charge in [0.25, 0.3) is 0 Å². The number of aryl methyl sites for hydroxylation is 1. The van der Waals surface area contributed by atoms with Crippen LogP contribution in [0.3, 0.4) is 0 Å². The van der Waals surface area contributed by atoms with E-state index in [1.54, 1.807) is 11.3 Å². The van der Waals surface area contributed by atoms with Crippen molar-refractivity contribution in [2.45, 2.75) is 32.7 Å². The minimum atomic E-state index is 0.368. The van der Waals surface area contributed by atoms with Crippen LogP contribution in [0.5, 0.6) is 0 Å². The number of hydrogen-bond donors (Lipinski definition) is 1. The Labute approximate surface area is 101 Å². The summed E-state index contributed by atoms with van der Waals surface area (Å²) in [6.45, 7) is 7.19. The van der Waals surface area contributed by atoms with Crippen molar-refractivity contribution in [2.24, 2.45) is 5.92 Å². The summed E-state index contributed by atoms with van der Waals surface area (Å²) in [6.07, 6.45) is 2.44. The second kappa shape index (κ2) is 5.75. The second-order valence-corrected chi connectivity index (χ2v) is 5.55. The Balaban J connectivity index is 1.69. The molecule has 2 atom stereocenters. The van der Waals surface area contributed by atoms with Gasteiger partial charge < -0.3 is 10.1 Å². The van der Waals surface area contributed by atoms with Gasteiger partial charge >= 0.3 is 0 Å². The zero-order valence-electron chi connectivity index (χ0n) is 10.0. The maximum absolute atomic E-state index is 5.36. The van der Waals surface area contributed by atoms with Gasteiger partial charge in [0.2, 0.25) is 0 Å². The van der Waals surface area contributed by atoms with Crippen molar-refractivity contribution in [3.63, 3.8) is 0 Å². The number of aromatic nitrogens is 1. The molecule has 1 saturated heterocycles. The van der Waals surface area contributed by atoms with Gasteiger partial charge in [-0.3, -0.25) is 0 Å². The summed E-state index contributed by atoms with van der Waals surface area (Å²) in [5.74, 6) is 0.761. The summed E-state index contributed by atoms with van der Waals surface area (Å²) in [7, 11) is 0. The van der Waals surface area contributed by atoms with Gasteiger partial charge in [0.15, 0.2) is 0 Å². The SMILES string of the molecule is Cc1nc(C(C)NCCC2CCOC2)cs1. The first-order valence-electron chi connectivity index (χ1n) is 5.99. The molecule has 16 heavy (non-hydrogen) atoms. The molecule has 2 unspecified atom stereocenters. The van der Waals surface area contributed by atoms with Crippen molar-refractivity contribution >= 4 is 11.3 Å². The van der Waals surface area contributed by atoms with Crippen LogP contribution in [-0.2, 0) is 4.74 Å². The first-order chi connectivity index (χ1) is 7.75. The third kappa shape index (κ3) is 3.27. The highest BCUT2D eigenvalue weighted by Gasteiger charge is 2.15. The molecule has 0 aliphatic carbocycles. The molecule has 0 aromatic carbocycles. The molecular formula is C12H20N2OS. The summed E-state index contributed by atoms with van der Waals surface area (Å²) in [5.41, 5.74) is 1.17. The maximum Gasteiger partial charge on any atom is 0.0898 e. The van der Waals surface area contributed by atoms with Gasteiger partial charge in [0.05, 0.1) is 10.7 Å². The molecule has 90 valence electrons. The molecule has 0 amide bonds. The minimum Gasteiger partial charge on any atom is -0.381 e. The highest BCUT2D eigenvalue weighted by molar-refractivity contribution is 7.09. The molecule has 2 rings (SSSR count). The highest BCUT2D eigenvalue weighted by Crippen LogP contribution is 2.18. The van der Waals surface area contributed by atoms with E-state index in [1.807, 2.05) is 0 Å². The van der Waals surface area contributed by atoms with Crippen LogP contribution in [0, 0.1) is 12.8 Å². The van der Waals surface area contributed by atoms with Crippen molar-refractivity contribution in [2.75, 3.05) is 19.8 Å². The standard InChI is InChI=1S/C12H20N2OS/c1-9(12-8-16-10(2)14-12)13-5-3-11-4-6-15-7-11/h8-9,11,13H,3-7H2,1-2H3. The quantitative estimate of drug-likeness (QED) is 0.859. The summed E-state index contributed by atoms with van der Waals surface area (Å²) in [6, 6.07) is 0.368. The zero-order valence-corrected chi connectivity index (χ0v) is 10.8. The maximum atomic E-state index is 5.36. The first kappa shape index (κ1) is 12.0. The molecule has 1 aliphatic heterocycles. The van der Waals surface area contributed by atoms with Crippen molar-refractivity contribution in [1.82, 2.24) is 10.3 Å². The third-order valence-electron chi connectivity index (χ3n) is 3.11. The minimum absolute atomic E-state index is 0.368. The van der Waals surface area contributed by atoms with Gasteiger partial charge in [-0.15, -0.1) is 11.3 Å². The van der Waals surface area contributed by atoms with Crippen LogP contribution < -0.4 is 5.32 Å². The Morgan fingerprint density at radius 2 is 2.56 bits per heavy atom. The smallest absolute Gasteiger partial charge is 0.0898 e. The molecule has 3 nitrogen and oxygen atoms in total. The van der Waals surface area contributed by atoms with Crippen molar-refractivity contribution < 1.29 is 4.74 Å². The van der Waals surface area contributed by atoms with Crippen LogP contribution in [0.15, 0.2) is 5.38 Å². The topological polar surface area (TPSA) is 34.2 Å². The van der Waals surface area contributed by atoms with E-state index in [0.717, 1.165) is 30.7 Å². The fourth-order valence-corrected chi connectivity index (χ4v) is 2.70. The van der Waals surface area contributed by atoms with Crippen molar-refractivity contribution in [1.29, 1.82) is 0 Å². The monoisotopic (exact) mass is 240 g/mol. The van der Waals surface area contributed by atoms with E-state index >= 15 is 0 Å². The van der Waals surface area contributed by atoms with Gasteiger partial charge in [0.1, 0.15) is 0 Å². The summed E-state index contributed by atoms with van der Waals surface area (Å²) < 4.78 is 5.36. The van der Waals surface area contributed by atoms with Crippen LogP contribution >= 0.6 is 11.3 Å². The molecule has 4 heteroatoms. The predicted molar refractivity (Wildman–Crippen MR) is 66.8 cm³/mol. The number of hydrogen-bond acceptors (Lipinski definition) is 4. The first-order valence-corrected chi connectivity index (χ1v) is 6.87. The van der Waals surface area contributed by atoms with Gasteiger partial charge in [-0.25, -0.2) is 4.98 Å². The van der Waals surface area contributed by atoms with E-state index in [4.69, 9.17) is 4.74 Å². The molecule has 2 heterocycles. The fourth-order valence-electron chi connectivity index (χ4n) is 2.00. The van der Waals surface area contributed by atoms with E-state index in [9.17, 15) is 0 Å². The molecule has 1 fully saturated rings. The molecule has 0 bridgehead atoms. The number of nitrogens with one attached hydrogen (secondary N) is 1. The molecular weight excluding hydrogens is 220 g/mol. The van der Waals surface area contributed by atoms with Crippen LogP contribution in [0.2, 0.25) is 0 Å². The Morgan fingerprint density at radius 1 is 1.69 bits per heavy atom. The molecule has 0 saturated carbocycles. The normalized spacial score (nSPS) is 22.5. The average Bonchev–Trinajstić information content (AvgIpc) is 2.89. The van der Waals surface area contributed by atoms with Gasteiger partial charge in [-0.2, -0.15) is 0 Å². The molecule has 1 N–H and O–H groups in total. The van der Waals surface area contributed by atoms with E-state index in [2.05, 4.69) is 29.5 Å². The Hall–Kier alpha value is -0.450. The average molecular weight is 240 g/mol. The van der Waals surface area contributed by atoms with E-state index in [1.165, 1.54) is 18.5 Å². The summed E-state index contributed by atoms with van der Waals surface area (Å²) in [5, 5.41) is 6.82. The molecule has 0 spiro atoms. The number of nitrogens with zero attached hydrogens (tertiary/aromatic N) is 1. The lowest BCUT2D eigenvalue weighted by Gasteiger charge is -2.13. The molecule has 1 aromatic heterocycles.